The molecule has 0 heterocycles. The summed E-state index contributed by atoms with van der Waals surface area (Å²) < 4.78 is 5.15. The van der Waals surface area contributed by atoms with E-state index in [-0.39, 0.29) is 0 Å². The third kappa shape index (κ3) is 2.38. The van der Waals surface area contributed by atoms with Crippen molar-refractivity contribution in [1.29, 1.82) is 5.26 Å². The maximum atomic E-state index is 9.73. The van der Waals surface area contributed by atoms with Gasteiger partial charge >= 0.3 is 0 Å². The summed E-state index contributed by atoms with van der Waals surface area (Å²) >= 11 is 0. The first-order valence-corrected chi connectivity index (χ1v) is 5.34. The molecular weight excluding hydrogens is 214 g/mol. The van der Waals surface area contributed by atoms with Gasteiger partial charge in [-0.05, 0) is 29.3 Å². The van der Waals surface area contributed by atoms with Crippen LogP contribution >= 0.6 is 0 Å². The Bertz CT molecular complexity index is 525. The number of nitriles is 1. The van der Waals surface area contributed by atoms with Crippen LogP contribution in [0.25, 0.3) is 5.57 Å². The molecule has 0 amide bonds. The van der Waals surface area contributed by atoms with Crippen LogP contribution in [0.15, 0.2) is 42.5 Å². The summed E-state index contributed by atoms with van der Waals surface area (Å²) in [6.07, 6.45) is 5.47. The van der Waals surface area contributed by atoms with Gasteiger partial charge in [0.15, 0.2) is 5.60 Å². The summed E-state index contributed by atoms with van der Waals surface area (Å²) in [6.45, 7) is 0. The second kappa shape index (κ2) is 4.44. The molecule has 1 aromatic rings. The van der Waals surface area contributed by atoms with Gasteiger partial charge in [0.1, 0.15) is 11.8 Å². The first-order valence-electron chi connectivity index (χ1n) is 5.34. The number of ether oxygens (including phenoxy) is 1. The third-order valence-corrected chi connectivity index (χ3v) is 2.77. The minimum atomic E-state index is -1.36. The number of rotatable bonds is 2. The van der Waals surface area contributed by atoms with Crippen molar-refractivity contribution in [2.45, 2.75) is 12.0 Å². The molecule has 0 saturated carbocycles. The summed E-state index contributed by atoms with van der Waals surface area (Å²) in [4.78, 5) is 0. The molecule has 0 fully saturated rings. The maximum absolute atomic E-state index is 9.73. The van der Waals surface area contributed by atoms with Crippen LogP contribution in [-0.2, 0) is 0 Å². The van der Waals surface area contributed by atoms with Crippen LogP contribution in [0.5, 0.6) is 5.75 Å². The minimum absolute atomic E-state index is 0.312. The SMILES string of the molecule is COc1cccc(C2=CCC(O)(C#N)C=C2)c1. The fourth-order valence-electron chi connectivity index (χ4n) is 1.73. The number of aliphatic hydroxyl groups is 1. The van der Waals surface area contributed by atoms with Crippen LogP contribution in [0.4, 0.5) is 0 Å². The molecule has 2 rings (SSSR count). The molecule has 3 nitrogen and oxygen atoms in total. The van der Waals surface area contributed by atoms with Gasteiger partial charge in [0.2, 0.25) is 0 Å². The zero-order valence-corrected chi connectivity index (χ0v) is 9.55. The highest BCUT2D eigenvalue weighted by atomic mass is 16.5. The van der Waals surface area contributed by atoms with Crippen LogP contribution in [0.1, 0.15) is 12.0 Å². The Morgan fingerprint density at radius 1 is 1.47 bits per heavy atom. The van der Waals surface area contributed by atoms with Crippen molar-refractivity contribution in [3.63, 3.8) is 0 Å². The Morgan fingerprint density at radius 3 is 2.88 bits per heavy atom. The molecular formula is C14H13NO2. The Balaban J connectivity index is 2.26. The van der Waals surface area contributed by atoms with Gasteiger partial charge in [0.25, 0.3) is 0 Å². The summed E-state index contributed by atoms with van der Waals surface area (Å²) in [6, 6.07) is 9.55. The highest BCUT2D eigenvalue weighted by Crippen LogP contribution is 2.28. The van der Waals surface area contributed by atoms with E-state index >= 15 is 0 Å². The maximum Gasteiger partial charge on any atom is 0.173 e. The molecule has 0 radical (unpaired) electrons. The molecule has 0 bridgehead atoms. The van der Waals surface area contributed by atoms with Gasteiger partial charge in [-0.2, -0.15) is 5.26 Å². The normalized spacial score (nSPS) is 22.8. The Kier molecular flexibility index (Phi) is 2.99. The number of methoxy groups -OCH3 is 1. The smallest absolute Gasteiger partial charge is 0.173 e. The van der Waals surface area contributed by atoms with Crippen LogP contribution in [0, 0.1) is 11.3 Å². The number of nitrogens with zero attached hydrogens (tertiary/aromatic N) is 1. The lowest BCUT2D eigenvalue weighted by Crippen LogP contribution is -2.23. The zero-order valence-electron chi connectivity index (χ0n) is 9.55. The largest absolute Gasteiger partial charge is 0.497 e. The molecule has 0 aliphatic heterocycles. The lowest BCUT2D eigenvalue weighted by molar-refractivity contribution is 0.153. The van der Waals surface area contributed by atoms with Crippen molar-refractivity contribution in [2.75, 3.05) is 7.11 Å². The van der Waals surface area contributed by atoms with Crippen LogP contribution in [0.2, 0.25) is 0 Å². The van der Waals surface area contributed by atoms with E-state index in [0.717, 1.165) is 16.9 Å². The number of benzene rings is 1. The fourth-order valence-corrected chi connectivity index (χ4v) is 1.73. The fraction of sp³-hybridized carbons (Fsp3) is 0.214. The summed E-state index contributed by atoms with van der Waals surface area (Å²) in [5.41, 5.74) is 0.645. The number of hydrogen-bond donors (Lipinski definition) is 1. The van der Waals surface area contributed by atoms with Crippen molar-refractivity contribution >= 4 is 5.57 Å². The van der Waals surface area contributed by atoms with Gasteiger partial charge in [-0.1, -0.05) is 24.3 Å². The standard InChI is InChI=1S/C14H13NO2/c1-17-13-4-2-3-12(9-13)11-5-7-14(16,10-15)8-6-11/h2-7,9,16H,8H2,1H3. The van der Waals surface area contributed by atoms with Gasteiger partial charge in [-0.15, -0.1) is 0 Å². The van der Waals surface area contributed by atoms with Crippen molar-refractivity contribution in [2.24, 2.45) is 0 Å². The Morgan fingerprint density at radius 2 is 2.29 bits per heavy atom. The highest BCUT2D eigenvalue weighted by molar-refractivity contribution is 5.76. The number of allylic oxidation sites excluding steroid dienone is 2. The van der Waals surface area contributed by atoms with E-state index in [1.54, 1.807) is 13.2 Å². The zero-order chi connectivity index (χ0) is 12.3. The second-order valence-electron chi connectivity index (χ2n) is 3.96. The quantitative estimate of drug-likeness (QED) is 0.789. The average Bonchev–Trinajstić information content (AvgIpc) is 2.40. The predicted octanol–water partition coefficient (Wildman–Crippen LogP) is 2.29. The monoisotopic (exact) mass is 227 g/mol. The molecule has 86 valence electrons. The Hall–Kier alpha value is -2.05. The van der Waals surface area contributed by atoms with Gasteiger partial charge < -0.3 is 9.84 Å². The highest BCUT2D eigenvalue weighted by Gasteiger charge is 2.24. The van der Waals surface area contributed by atoms with E-state index in [1.165, 1.54) is 6.08 Å². The van der Waals surface area contributed by atoms with E-state index in [9.17, 15) is 5.11 Å². The second-order valence-corrected chi connectivity index (χ2v) is 3.96. The van der Waals surface area contributed by atoms with E-state index in [4.69, 9.17) is 10.00 Å². The van der Waals surface area contributed by atoms with Crippen molar-refractivity contribution in [1.82, 2.24) is 0 Å². The molecule has 0 saturated heterocycles. The lowest BCUT2D eigenvalue weighted by Gasteiger charge is -2.18. The molecule has 3 heteroatoms. The van der Waals surface area contributed by atoms with Crippen LogP contribution in [0.3, 0.4) is 0 Å². The molecule has 1 unspecified atom stereocenters. The molecule has 0 spiro atoms. The molecule has 17 heavy (non-hydrogen) atoms. The minimum Gasteiger partial charge on any atom is -0.497 e. The predicted molar refractivity (Wildman–Crippen MR) is 65.3 cm³/mol. The van der Waals surface area contributed by atoms with Gasteiger partial charge in [-0.3, -0.25) is 0 Å². The lowest BCUT2D eigenvalue weighted by atomic mass is 9.90. The third-order valence-electron chi connectivity index (χ3n) is 2.77. The van der Waals surface area contributed by atoms with Crippen molar-refractivity contribution in [3.05, 3.63) is 48.1 Å². The molecule has 1 aliphatic rings. The molecule has 0 aromatic heterocycles. The van der Waals surface area contributed by atoms with E-state index in [1.807, 2.05) is 36.4 Å². The molecule has 1 aliphatic carbocycles. The van der Waals surface area contributed by atoms with Gasteiger partial charge in [0.05, 0.1) is 7.11 Å². The first kappa shape index (κ1) is 11.4. The van der Waals surface area contributed by atoms with Gasteiger partial charge in [0, 0.05) is 6.42 Å². The summed E-state index contributed by atoms with van der Waals surface area (Å²) in [7, 11) is 1.62. The molecule has 1 N–H and O–H groups in total. The van der Waals surface area contributed by atoms with Crippen LogP contribution < -0.4 is 4.74 Å². The topological polar surface area (TPSA) is 53.2 Å². The van der Waals surface area contributed by atoms with Crippen molar-refractivity contribution in [3.8, 4) is 11.8 Å². The molecule has 1 aromatic carbocycles. The average molecular weight is 227 g/mol. The number of hydrogen-bond acceptors (Lipinski definition) is 3. The van der Waals surface area contributed by atoms with Crippen LogP contribution in [-0.4, -0.2) is 17.8 Å². The van der Waals surface area contributed by atoms with E-state index in [2.05, 4.69) is 0 Å². The summed E-state index contributed by atoms with van der Waals surface area (Å²) in [5.74, 6) is 0.790. The first-order chi connectivity index (χ1) is 8.17. The Labute approximate surface area is 100 Å². The van der Waals surface area contributed by atoms with E-state index in [0.29, 0.717) is 6.42 Å². The van der Waals surface area contributed by atoms with E-state index < -0.39 is 5.60 Å². The van der Waals surface area contributed by atoms with Gasteiger partial charge in [-0.25, -0.2) is 0 Å². The summed E-state index contributed by atoms with van der Waals surface area (Å²) in [5, 5.41) is 18.5. The molecule has 1 atom stereocenters. The van der Waals surface area contributed by atoms with Crippen molar-refractivity contribution < 1.29 is 9.84 Å².